The Morgan fingerprint density at radius 2 is 1.67 bits per heavy atom. The van der Waals surface area contributed by atoms with Gasteiger partial charge in [0.2, 0.25) is 0 Å². The van der Waals surface area contributed by atoms with E-state index in [9.17, 15) is 9.59 Å². The Balaban J connectivity index is 1.48. The molecular weight excluding hydrogens is 596 g/mol. The average Bonchev–Trinajstić information content (AvgIpc) is 3.42. The van der Waals surface area contributed by atoms with Crippen LogP contribution in [0.25, 0.3) is 0 Å². The third-order valence-corrected chi connectivity index (χ3v) is 15.3. The summed E-state index contributed by atoms with van der Waals surface area (Å²) in [6, 6.07) is 19.3. The van der Waals surface area contributed by atoms with Crippen LogP contribution in [0.2, 0.25) is 18.1 Å². The first-order valence-electron chi connectivity index (χ1n) is 17.7. The Bertz CT molecular complexity index is 1220. The molecule has 0 N–H and O–H groups in total. The maximum atomic E-state index is 12.5. The van der Waals surface area contributed by atoms with Crippen molar-refractivity contribution >= 4 is 20.4 Å². The zero-order valence-electron chi connectivity index (χ0n) is 28.8. The van der Waals surface area contributed by atoms with Gasteiger partial charge in [-0.05, 0) is 104 Å². The molecule has 2 aliphatic rings. The fourth-order valence-corrected chi connectivity index (χ4v) is 10.6. The molecule has 1 saturated carbocycles. The highest BCUT2D eigenvalue weighted by Crippen LogP contribution is 2.50. The summed E-state index contributed by atoms with van der Waals surface area (Å²) in [5.74, 6) is 1.80. The number of hydrogen-bond donors (Lipinski definition) is 0. The molecule has 5 atom stereocenters. The van der Waals surface area contributed by atoms with Crippen LogP contribution in [0.4, 0.5) is 4.79 Å². The van der Waals surface area contributed by atoms with E-state index in [1.807, 2.05) is 42.5 Å². The van der Waals surface area contributed by atoms with E-state index in [2.05, 4.69) is 33.8 Å². The van der Waals surface area contributed by atoms with Crippen LogP contribution < -0.4 is 4.74 Å². The number of fused-ring (bicyclic) bond motifs is 2. The summed E-state index contributed by atoms with van der Waals surface area (Å²) < 4.78 is 29.5. The van der Waals surface area contributed by atoms with Gasteiger partial charge >= 0.3 is 12.1 Å². The Morgan fingerprint density at radius 3 is 2.37 bits per heavy atom. The Morgan fingerprint density at radius 1 is 0.913 bits per heavy atom. The largest absolute Gasteiger partial charge is 0.508 e. The highest BCUT2D eigenvalue weighted by atomic mass is 28.4. The second-order valence-electron chi connectivity index (χ2n) is 13.2. The van der Waals surface area contributed by atoms with Crippen LogP contribution in [-0.2, 0) is 42.9 Å². The van der Waals surface area contributed by atoms with Crippen LogP contribution in [0.5, 0.6) is 5.75 Å². The van der Waals surface area contributed by atoms with Gasteiger partial charge in [0.1, 0.15) is 18.5 Å². The van der Waals surface area contributed by atoms with Crippen molar-refractivity contribution in [1.29, 1.82) is 0 Å². The fourth-order valence-electron chi connectivity index (χ4n) is 7.73. The Kier molecular flexibility index (Phi) is 14.0. The maximum Gasteiger partial charge on any atom is 0.508 e. The van der Waals surface area contributed by atoms with Crippen molar-refractivity contribution in [2.24, 2.45) is 17.8 Å². The first-order valence-corrected chi connectivity index (χ1v) is 20.2. The molecule has 0 amide bonds. The van der Waals surface area contributed by atoms with Crippen LogP contribution in [0, 0.1) is 17.8 Å². The minimum atomic E-state index is -1.83. The lowest BCUT2D eigenvalue weighted by Crippen LogP contribution is -2.42. The number of hydrogen-bond acceptors (Lipinski definition) is 7. The highest BCUT2D eigenvalue weighted by molar-refractivity contribution is 6.73. The summed E-state index contributed by atoms with van der Waals surface area (Å²) in [5.41, 5.74) is 3.48. The van der Waals surface area contributed by atoms with Crippen LogP contribution in [-0.4, -0.2) is 46.4 Å². The third kappa shape index (κ3) is 9.60. The SMILES string of the molecule is CCCCC[C@@H](CC[C@@H]1[C@H]2Cc3cccc(OCC(=O)OCc4ccccc4)c3C[C@H]2C[C@H]1O[Si](CC)(CC)CC)OC(=O)OC. The average molecular weight is 653 g/mol. The zero-order valence-corrected chi connectivity index (χ0v) is 29.8. The predicted octanol–water partition coefficient (Wildman–Crippen LogP) is 9.06. The van der Waals surface area contributed by atoms with Crippen LogP contribution in [0.15, 0.2) is 48.5 Å². The van der Waals surface area contributed by atoms with Gasteiger partial charge in [0.15, 0.2) is 14.9 Å². The number of rotatable bonds is 18. The van der Waals surface area contributed by atoms with Crippen molar-refractivity contribution in [2.45, 2.75) is 122 Å². The summed E-state index contributed by atoms with van der Waals surface area (Å²) in [5, 5.41) is 0. The van der Waals surface area contributed by atoms with E-state index in [1.54, 1.807) is 0 Å². The van der Waals surface area contributed by atoms with Crippen molar-refractivity contribution in [2.75, 3.05) is 13.7 Å². The number of carbonyl (C=O) groups is 2. The van der Waals surface area contributed by atoms with E-state index in [0.29, 0.717) is 17.8 Å². The molecule has 0 saturated heterocycles. The van der Waals surface area contributed by atoms with E-state index >= 15 is 0 Å². The van der Waals surface area contributed by atoms with Crippen LogP contribution in [0.3, 0.4) is 0 Å². The summed E-state index contributed by atoms with van der Waals surface area (Å²) in [7, 11) is -0.451. The fraction of sp³-hybridized carbons (Fsp3) is 0.632. The number of methoxy groups -OCH3 is 1. The van der Waals surface area contributed by atoms with Gasteiger partial charge in [-0.25, -0.2) is 9.59 Å². The van der Waals surface area contributed by atoms with Gasteiger partial charge in [-0.3, -0.25) is 0 Å². The van der Waals surface area contributed by atoms with Crippen LogP contribution in [0.1, 0.15) is 89.3 Å². The molecule has 2 aliphatic carbocycles. The van der Waals surface area contributed by atoms with Gasteiger partial charge in [-0.1, -0.05) is 83.0 Å². The minimum Gasteiger partial charge on any atom is -0.482 e. The maximum absolute atomic E-state index is 12.5. The van der Waals surface area contributed by atoms with Crippen LogP contribution >= 0.6 is 0 Å². The second kappa shape index (κ2) is 17.9. The lowest BCUT2D eigenvalue weighted by Gasteiger charge is -2.36. The van der Waals surface area contributed by atoms with Gasteiger partial charge in [-0.15, -0.1) is 0 Å². The molecule has 46 heavy (non-hydrogen) atoms. The molecule has 0 radical (unpaired) electrons. The summed E-state index contributed by atoms with van der Waals surface area (Å²) in [6.45, 7) is 9.22. The van der Waals surface area contributed by atoms with E-state index in [1.165, 1.54) is 18.2 Å². The van der Waals surface area contributed by atoms with E-state index in [4.69, 9.17) is 23.4 Å². The van der Waals surface area contributed by atoms with E-state index in [0.717, 1.165) is 87.2 Å². The second-order valence-corrected chi connectivity index (χ2v) is 18.0. The van der Waals surface area contributed by atoms with Crippen molar-refractivity contribution in [3.05, 3.63) is 65.2 Å². The van der Waals surface area contributed by atoms with Crippen molar-refractivity contribution in [3.63, 3.8) is 0 Å². The molecular formula is C38H56O7Si. The number of carbonyl (C=O) groups excluding carboxylic acids is 2. The lowest BCUT2D eigenvalue weighted by molar-refractivity contribution is -0.147. The summed E-state index contributed by atoms with van der Waals surface area (Å²) >= 11 is 0. The molecule has 7 nitrogen and oxygen atoms in total. The molecule has 0 aromatic heterocycles. The molecule has 0 unspecified atom stereocenters. The molecule has 2 aromatic carbocycles. The lowest BCUT2D eigenvalue weighted by atomic mass is 9.73. The predicted molar refractivity (Wildman–Crippen MR) is 183 cm³/mol. The smallest absolute Gasteiger partial charge is 0.482 e. The summed E-state index contributed by atoms with van der Waals surface area (Å²) in [6.07, 6.45) is 8.38. The molecule has 0 aliphatic heterocycles. The third-order valence-electron chi connectivity index (χ3n) is 10.6. The Labute approximate surface area is 277 Å². The van der Waals surface area contributed by atoms with Gasteiger partial charge in [0.05, 0.1) is 7.11 Å². The minimum absolute atomic E-state index is 0.108. The quantitative estimate of drug-likeness (QED) is 0.0903. The molecule has 1 fully saturated rings. The monoisotopic (exact) mass is 652 g/mol. The number of esters is 1. The van der Waals surface area contributed by atoms with Crippen molar-refractivity contribution in [3.8, 4) is 5.75 Å². The molecule has 2 aromatic rings. The first kappa shape index (κ1) is 36.0. The summed E-state index contributed by atoms with van der Waals surface area (Å²) in [4.78, 5) is 24.7. The standard InChI is InChI=1S/C38H56O7Si/c1-6-10-12-19-31(44-38(40)41-5)21-22-32-33-23-29-18-15-20-35(42-27-37(39)43-26-28-16-13-11-14-17-28)34(29)24-30(33)25-36(32)45-46(7-2,8-3)9-4/h11,13-18,20,30-33,36H,6-10,12,19,21-27H2,1-5H3/t30-,31-,32+,33-,36+/m0/s1. The normalized spacial score (nSPS) is 21.2. The number of benzene rings is 2. The molecule has 254 valence electrons. The van der Waals surface area contributed by atoms with Gasteiger partial charge in [-0.2, -0.15) is 0 Å². The number of ether oxygens (including phenoxy) is 4. The van der Waals surface area contributed by atoms with Gasteiger partial charge in [0, 0.05) is 6.10 Å². The number of unbranched alkanes of at least 4 members (excludes halogenated alkanes) is 2. The van der Waals surface area contributed by atoms with E-state index in [-0.39, 0.29) is 31.4 Å². The topological polar surface area (TPSA) is 80.3 Å². The van der Waals surface area contributed by atoms with Gasteiger partial charge < -0.3 is 23.4 Å². The molecule has 0 bridgehead atoms. The van der Waals surface area contributed by atoms with Crippen molar-refractivity contribution < 1.29 is 33.0 Å². The van der Waals surface area contributed by atoms with Gasteiger partial charge in [0.25, 0.3) is 0 Å². The molecule has 0 spiro atoms. The zero-order chi connectivity index (χ0) is 32.9. The van der Waals surface area contributed by atoms with Crippen molar-refractivity contribution in [1.82, 2.24) is 0 Å². The van der Waals surface area contributed by atoms with E-state index < -0.39 is 14.5 Å². The Hall–Kier alpha value is -2.84. The molecule has 4 rings (SSSR count). The first-order chi connectivity index (χ1) is 22.3. The molecule has 8 heteroatoms. The highest BCUT2D eigenvalue weighted by Gasteiger charge is 2.48. The molecule has 0 heterocycles.